The first-order valence-electron chi connectivity index (χ1n) is 10.7. The molecule has 1 aliphatic carbocycles. The molecule has 1 aromatic rings. The minimum Gasteiger partial charge on any atom is -0.381 e. The van der Waals surface area contributed by atoms with E-state index >= 15 is 0 Å². The van der Waals surface area contributed by atoms with Gasteiger partial charge in [-0.1, -0.05) is 6.42 Å². The van der Waals surface area contributed by atoms with Crippen molar-refractivity contribution in [1.82, 2.24) is 19.8 Å². The van der Waals surface area contributed by atoms with Crippen LogP contribution in [0.3, 0.4) is 0 Å². The molecule has 4 rings (SSSR count). The van der Waals surface area contributed by atoms with E-state index in [1.807, 2.05) is 11.9 Å². The summed E-state index contributed by atoms with van der Waals surface area (Å²) in [5, 5.41) is 0. The third-order valence-electron chi connectivity index (χ3n) is 6.71. The van der Waals surface area contributed by atoms with Gasteiger partial charge in [0.1, 0.15) is 5.82 Å². The van der Waals surface area contributed by atoms with Gasteiger partial charge in [-0.3, -0.25) is 9.59 Å². The van der Waals surface area contributed by atoms with Crippen molar-refractivity contribution in [3.63, 3.8) is 0 Å². The number of nitrogens with one attached hydrogen (secondary N) is 1. The summed E-state index contributed by atoms with van der Waals surface area (Å²) in [4.78, 5) is 37.7. The molecule has 1 saturated carbocycles. The molecular formula is C21H32N4O3. The Morgan fingerprint density at radius 2 is 2.07 bits per heavy atom. The predicted octanol–water partition coefficient (Wildman–Crippen LogP) is 1.67. The molecule has 3 atom stereocenters. The van der Waals surface area contributed by atoms with E-state index in [9.17, 15) is 9.59 Å². The van der Waals surface area contributed by atoms with Crippen molar-refractivity contribution < 1.29 is 9.53 Å². The van der Waals surface area contributed by atoms with Crippen LogP contribution in [-0.2, 0) is 22.5 Å². The zero-order chi connectivity index (χ0) is 19.7. The molecule has 0 bridgehead atoms. The highest BCUT2D eigenvalue weighted by Gasteiger charge is 2.34. The molecule has 1 N–H and O–H groups in total. The van der Waals surface area contributed by atoms with Crippen molar-refractivity contribution >= 4 is 5.91 Å². The smallest absolute Gasteiger partial charge is 0.255 e. The minimum atomic E-state index is -0.00906. The van der Waals surface area contributed by atoms with Crippen LogP contribution in [0.4, 0.5) is 0 Å². The molecule has 0 unspecified atom stereocenters. The molecule has 154 valence electrons. The van der Waals surface area contributed by atoms with Crippen LogP contribution in [0.5, 0.6) is 0 Å². The number of ether oxygens (including phenoxy) is 1. The average Bonchev–Trinajstić information content (AvgIpc) is 2.73. The SMILES string of the molecule is CO[C@H]1CCC[C@@H](C(=O)N2CCC[C@H](c3nc4c(c(=O)[nH]3)CN(C)CC4)C2)C1. The fourth-order valence-electron chi connectivity index (χ4n) is 5.01. The number of hydrogen-bond acceptors (Lipinski definition) is 5. The van der Waals surface area contributed by atoms with Crippen molar-refractivity contribution in [2.45, 2.75) is 63.5 Å². The second kappa shape index (κ2) is 8.33. The summed E-state index contributed by atoms with van der Waals surface area (Å²) in [5.74, 6) is 1.22. The van der Waals surface area contributed by atoms with Crippen LogP contribution >= 0.6 is 0 Å². The zero-order valence-electron chi connectivity index (χ0n) is 17.1. The fraction of sp³-hybridized carbons (Fsp3) is 0.762. The maximum absolute atomic E-state index is 13.1. The second-order valence-corrected chi connectivity index (χ2v) is 8.71. The summed E-state index contributed by atoms with van der Waals surface area (Å²) in [6.07, 6.45) is 6.85. The van der Waals surface area contributed by atoms with Crippen molar-refractivity contribution in [1.29, 1.82) is 0 Å². The van der Waals surface area contributed by atoms with Gasteiger partial charge in [0.2, 0.25) is 5.91 Å². The van der Waals surface area contributed by atoms with Gasteiger partial charge in [-0.2, -0.15) is 0 Å². The molecular weight excluding hydrogens is 356 g/mol. The number of methoxy groups -OCH3 is 1. The maximum Gasteiger partial charge on any atom is 0.255 e. The standard InChI is InChI=1S/C21H32N4O3/c1-24-10-8-18-17(13-24)20(26)23-19(22-18)15-6-4-9-25(12-15)21(27)14-5-3-7-16(11-14)28-2/h14-16H,3-13H2,1-2H3,(H,22,23,26)/t14-,15+,16+/m1/s1. The number of aromatic nitrogens is 2. The number of likely N-dealkylation sites (N-methyl/N-ethyl adjacent to an activating group) is 1. The Kier molecular flexibility index (Phi) is 5.83. The number of likely N-dealkylation sites (tertiary alicyclic amines) is 1. The van der Waals surface area contributed by atoms with Gasteiger partial charge in [-0.05, 0) is 39.2 Å². The van der Waals surface area contributed by atoms with Crippen molar-refractivity contribution in [2.75, 3.05) is 33.8 Å². The Bertz CT molecular complexity index is 777. The van der Waals surface area contributed by atoms with Crippen molar-refractivity contribution in [2.24, 2.45) is 5.92 Å². The van der Waals surface area contributed by atoms with E-state index in [1.54, 1.807) is 7.11 Å². The van der Waals surface area contributed by atoms with E-state index < -0.39 is 0 Å². The number of rotatable bonds is 3. The lowest BCUT2D eigenvalue weighted by molar-refractivity contribution is -0.139. The lowest BCUT2D eigenvalue weighted by Gasteiger charge is -2.37. The topological polar surface area (TPSA) is 78.5 Å². The van der Waals surface area contributed by atoms with E-state index in [-0.39, 0.29) is 29.4 Å². The highest BCUT2D eigenvalue weighted by Crippen LogP contribution is 2.31. The van der Waals surface area contributed by atoms with Crippen LogP contribution in [0.1, 0.15) is 61.5 Å². The molecule has 7 nitrogen and oxygen atoms in total. The molecule has 2 fully saturated rings. The van der Waals surface area contributed by atoms with Crippen LogP contribution < -0.4 is 5.56 Å². The monoisotopic (exact) mass is 388 g/mol. The Balaban J connectivity index is 1.47. The van der Waals surface area contributed by atoms with Gasteiger partial charge in [0.05, 0.1) is 17.4 Å². The number of aromatic amines is 1. The third kappa shape index (κ3) is 4.01. The van der Waals surface area contributed by atoms with E-state index in [0.717, 1.165) is 75.1 Å². The Morgan fingerprint density at radius 1 is 1.21 bits per heavy atom. The maximum atomic E-state index is 13.1. The van der Waals surface area contributed by atoms with Gasteiger partial charge in [0.25, 0.3) is 5.56 Å². The van der Waals surface area contributed by atoms with Crippen LogP contribution in [0.25, 0.3) is 0 Å². The first-order chi connectivity index (χ1) is 13.5. The Labute approximate surface area is 166 Å². The summed E-state index contributed by atoms with van der Waals surface area (Å²) in [6, 6.07) is 0. The second-order valence-electron chi connectivity index (χ2n) is 8.71. The number of H-pyrrole nitrogens is 1. The number of fused-ring (bicyclic) bond motifs is 1. The Hall–Kier alpha value is -1.73. The molecule has 28 heavy (non-hydrogen) atoms. The van der Waals surface area contributed by atoms with E-state index in [4.69, 9.17) is 9.72 Å². The number of carbonyl (C=O) groups excluding carboxylic acids is 1. The summed E-state index contributed by atoms with van der Waals surface area (Å²) in [7, 11) is 3.77. The average molecular weight is 389 g/mol. The predicted molar refractivity (Wildman–Crippen MR) is 106 cm³/mol. The molecule has 3 aliphatic rings. The van der Waals surface area contributed by atoms with E-state index in [1.165, 1.54) is 0 Å². The molecule has 0 spiro atoms. The van der Waals surface area contributed by atoms with Gasteiger partial charge in [0, 0.05) is 51.5 Å². The molecule has 2 aliphatic heterocycles. The summed E-state index contributed by atoms with van der Waals surface area (Å²) < 4.78 is 5.50. The molecule has 0 aromatic carbocycles. The lowest BCUT2D eigenvalue weighted by Crippen LogP contribution is -2.44. The van der Waals surface area contributed by atoms with Crippen LogP contribution in [0.2, 0.25) is 0 Å². The molecule has 1 aromatic heterocycles. The number of hydrogen-bond donors (Lipinski definition) is 1. The lowest BCUT2D eigenvalue weighted by atomic mass is 9.85. The molecule has 0 radical (unpaired) electrons. The van der Waals surface area contributed by atoms with Gasteiger partial charge >= 0.3 is 0 Å². The molecule has 3 heterocycles. The van der Waals surface area contributed by atoms with Gasteiger partial charge < -0.3 is 19.5 Å². The minimum absolute atomic E-state index is 0.00906. The van der Waals surface area contributed by atoms with Gasteiger partial charge in [-0.25, -0.2) is 4.98 Å². The molecule has 1 amide bonds. The number of nitrogens with zero attached hydrogens (tertiary/aromatic N) is 3. The number of piperidine rings is 1. The summed E-state index contributed by atoms with van der Waals surface area (Å²) >= 11 is 0. The van der Waals surface area contributed by atoms with Crippen LogP contribution in [0, 0.1) is 5.92 Å². The first-order valence-corrected chi connectivity index (χ1v) is 10.7. The number of amides is 1. The van der Waals surface area contributed by atoms with Crippen molar-refractivity contribution in [3.05, 3.63) is 27.4 Å². The first kappa shape index (κ1) is 19.6. The summed E-state index contributed by atoms with van der Waals surface area (Å²) in [6.45, 7) is 3.06. The van der Waals surface area contributed by atoms with E-state index in [0.29, 0.717) is 13.1 Å². The molecule has 1 saturated heterocycles. The molecule has 7 heteroatoms. The third-order valence-corrected chi connectivity index (χ3v) is 6.71. The fourth-order valence-corrected chi connectivity index (χ4v) is 5.01. The van der Waals surface area contributed by atoms with Crippen molar-refractivity contribution in [3.8, 4) is 0 Å². The van der Waals surface area contributed by atoms with Crippen LogP contribution in [-0.4, -0.2) is 65.6 Å². The normalized spacial score (nSPS) is 28.8. The van der Waals surface area contributed by atoms with E-state index in [2.05, 4.69) is 9.88 Å². The quantitative estimate of drug-likeness (QED) is 0.852. The largest absolute Gasteiger partial charge is 0.381 e. The zero-order valence-corrected chi connectivity index (χ0v) is 17.1. The highest BCUT2D eigenvalue weighted by molar-refractivity contribution is 5.79. The Morgan fingerprint density at radius 3 is 2.89 bits per heavy atom. The highest BCUT2D eigenvalue weighted by atomic mass is 16.5. The summed E-state index contributed by atoms with van der Waals surface area (Å²) in [5.41, 5.74) is 1.73. The number of carbonyl (C=O) groups is 1. The van der Waals surface area contributed by atoms with Gasteiger partial charge in [0.15, 0.2) is 0 Å². The van der Waals surface area contributed by atoms with Crippen LogP contribution in [0.15, 0.2) is 4.79 Å². The van der Waals surface area contributed by atoms with Gasteiger partial charge in [-0.15, -0.1) is 0 Å².